The van der Waals surface area contributed by atoms with E-state index in [1.54, 1.807) is 0 Å². The van der Waals surface area contributed by atoms with Gasteiger partial charge in [0.05, 0.1) is 11.2 Å². The van der Waals surface area contributed by atoms with E-state index in [0.717, 1.165) is 0 Å². The smallest absolute Gasteiger partial charge is 0.253 e. The molecule has 0 radical (unpaired) electrons. The number of carbonyl (C=O) groups excluding carboxylic acids is 1. The highest BCUT2D eigenvalue weighted by atomic mass is 16.3. The minimum absolute atomic E-state index is 0.0180. The van der Waals surface area contributed by atoms with Crippen molar-refractivity contribution in [1.29, 1.82) is 0 Å². The van der Waals surface area contributed by atoms with Crippen LogP contribution in [-0.4, -0.2) is 28.3 Å². The Morgan fingerprint density at radius 2 is 2.00 bits per heavy atom. The molecule has 1 aromatic carbocycles. The molecule has 0 aliphatic carbocycles. The SMILES string of the molecule is CCC(O)(CC)CNC(=O)c1cc(O)ccc1N. The van der Waals surface area contributed by atoms with Gasteiger partial charge in [0.2, 0.25) is 0 Å². The van der Waals surface area contributed by atoms with Crippen LogP contribution < -0.4 is 11.1 Å². The quantitative estimate of drug-likeness (QED) is 0.468. The number of carbonyl (C=O) groups is 1. The molecule has 0 saturated heterocycles. The van der Waals surface area contributed by atoms with Crippen LogP contribution in [0.2, 0.25) is 0 Å². The van der Waals surface area contributed by atoms with Crippen LogP contribution in [0.3, 0.4) is 0 Å². The molecule has 5 nitrogen and oxygen atoms in total. The third-order valence-electron chi connectivity index (χ3n) is 3.18. The maximum absolute atomic E-state index is 11.9. The second-order valence-corrected chi connectivity index (χ2v) is 4.39. The van der Waals surface area contributed by atoms with E-state index >= 15 is 0 Å². The lowest BCUT2D eigenvalue weighted by atomic mass is 9.97. The number of rotatable bonds is 5. The van der Waals surface area contributed by atoms with E-state index in [1.807, 2.05) is 13.8 Å². The molecule has 0 saturated carbocycles. The molecule has 0 spiro atoms. The third kappa shape index (κ3) is 3.37. The minimum Gasteiger partial charge on any atom is -0.508 e. The van der Waals surface area contributed by atoms with E-state index < -0.39 is 11.5 Å². The Labute approximate surface area is 107 Å². The molecule has 0 aliphatic heterocycles. The van der Waals surface area contributed by atoms with Crippen LogP contribution in [0, 0.1) is 0 Å². The summed E-state index contributed by atoms with van der Waals surface area (Å²) in [6.45, 7) is 3.88. The van der Waals surface area contributed by atoms with Gasteiger partial charge in [0.1, 0.15) is 5.75 Å². The molecule has 1 rings (SSSR count). The van der Waals surface area contributed by atoms with Crippen LogP contribution in [-0.2, 0) is 0 Å². The standard InChI is InChI=1S/C13H20N2O3/c1-3-13(18,4-2)8-15-12(17)10-7-9(16)5-6-11(10)14/h5-7,16,18H,3-4,8,14H2,1-2H3,(H,15,17). The topological polar surface area (TPSA) is 95.6 Å². The first-order valence-corrected chi connectivity index (χ1v) is 6.01. The van der Waals surface area contributed by atoms with Gasteiger partial charge in [-0.15, -0.1) is 0 Å². The summed E-state index contributed by atoms with van der Waals surface area (Å²) in [6.07, 6.45) is 1.11. The fourth-order valence-corrected chi connectivity index (χ4v) is 1.58. The molecule has 0 aliphatic rings. The molecule has 0 unspecified atom stereocenters. The molecule has 0 fully saturated rings. The van der Waals surface area contributed by atoms with Gasteiger partial charge in [-0.1, -0.05) is 13.8 Å². The second-order valence-electron chi connectivity index (χ2n) is 4.39. The Balaban J connectivity index is 2.74. The monoisotopic (exact) mass is 252 g/mol. The molecule has 0 aromatic heterocycles. The minimum atomic E-state index is -0.902. The average Bonchev–Trinajstić information content (AvgIpc) is 2.38. The van der Waals surface area contributed by atoms with Gasteiger partial charge in [0.25, 0.3) is 5.91 Å². The number of phenolic OH excluding ortho intramolecular Hbond substituents is 1. The summed E-state index contributed by atoms with van der Waals surface area (Å²) in [6, 6.07) is 4.19. The predicted molar refractivity (Wildman–Crippen MR) is 70.4 cm³/mol. The number of aromatic hydroxyl groups is 1. The first-order valence-electron chi connectivity index (χ1n) is 6.01. The number of benzene rings is 1. The molecular weight excluding hydrogens is 232 g/mol. The van der Waals surface area contributed by atoms with Crippen molar-refractivity contribution >= 4 is 11.6 Å². The molecule has 5 heteroatoms. The lowest BCUT2D eigenvalue weighted by Gasteiger charge is -2.25. The van der Waals surface area contributed by atoms with Crippen molar-refractivity contribution < 1.29 is 15.0 Å². The molecule has 1 amide bonds. The number of amides is 1. The van der Waals surface area contributed by atoms with Crippen LogP contribution in [0.15, 0.2) is 18.2 Å². The summed E-state index contributed by atoms with van der Waals surface area (Å²) in [5, 5.41) is 22.0. The number of nitrogen functional groups attached to an aromatic ring is 1. The van der Waals surface area contributed by atoms with E-state index in [-0.39, 0.29) is 17.9 Å². The highest BCUT2D eigenvalue weighted by Gasteiger charge is 2.23. The lowest BCUT2D eigenvalue weighted by molar-refractivity contribution is 0.0314. The van der Waals surface area contributed by atoms with Crippen LogP contribution >= 0.6 is 0 Å². The van der Waals surface area contributed by atoms with E-state index in [2.05, 4.69) is 5.32 Å². The van der Waals surface area contributed by atoms with Crippen molar-refractivity contribution in [3.8, 4) is 5.75 Å². The van der Waals surface area contributed by atoms with Crippen LogP contribution in [0.4, 0.5) is 5.69 Å². The summed E-state index contributed by atoms with van der Waals surface area (Å²) in [5.41, 5.74) is 5.26. The Morgan fingerprint density at radius 1 is 1.39 bits per heavy atom. The highest BCUT2D eigenvalue weighted by Crippen LogP contribution is 2.19. The zero-order valence-corrected chi connectivity index (χ0v) is 10.7. The molecule has 0 atom stereocenters. The lowest BCUT2D eigenvalue weighted by Crippen LogP contribution is -2.42. The van der Waals surface area contributed by atoms with Crippen molar-refractivity contribution in [2.45, 2.75) is 32.3 Å². The Hall–Kier alpha value is -1.75. The molecule has 100 valence electrons. The van der Waals surface area contributed by atoms with Gasteiger partial charge < -0.3 is 21.3 Å². The summed E-state index contributed by atoms with van der Waals surface area (Å²) in [5.74, 6) is -0.417. The summed E-state index contributed by atoms with van der Waals surface area (Å²) < 4.78 is 0. The van der Waals surface area contributed by atoms with E-state index in [1.165, 1.54) is 18.2 Å². The fraction of sp³-hybridized carbons (Fsp3) is 0.462. The zero-order valence-electron chi connectivity index (χ0n) is 10.7. The number of hydrogen-bond acceptors (Lipinski definition) is 4. The fourth-order valence-electron chi connectivity index (χ4n) is 1.58. The van der Waals surface area contributed by atoms with Gasteiger partial charge in [0.15, 0.2) is 0 Å². The van der Waals surface area contributed by atoms with Crippen molar-refractivity contribution in [2.24, 2.45) is 0 Å². The molecule has 0 heterocycles. The van der Waals surface area contributed by atoms with E-state index in [0.29, 0.717) is 18.5 Å². The Bertz CT molecular complexity index is 428. The van der Waals surface area contributed by atoms with Gasteiger partial charge >= 0.3 is 0 Å². The maximum atomic E-state index is 11.9. The van der Waals surface area contributed by atoms with Gasteiger partial charge in [0, 0.05) is 12.2 Å². The number of aliphatic hydroxyl groups is 1. The molecule has 18 heavy (non-hydrogen) atoms. The van der Waals surface area contributed by atoms with Crippen LogP contribution in [0.5, 0.6) is 5.75 Å². The normalized spacial score (nSPS) is 11.3. The summed E-state index contributed by atoms with van der Waals surface area (Å²) >= 11 is 0. The predicted octanol–water partition coefficient (Wildman–Crippen LogP) is 1.26. The van der Waals surface area contributed by atoms with Crippen molar-refractivity contribution in [1.82, 2.24) is 5.32 Å². The number of phenols is 1. The Kier molecular flexibility index (Phi) is 4.55. The molecular formula is C13H20N2O3. The van der Waals surface area contributed by atoms with Gasteiger partial charge in [-0.3, -0.25) is 4.79 Å². The van der Waals surface area contributed by atoms with Gasteiger partial charge in [-0.25, -0.2) is 0 Å². The largest absolute Gasteiger partial charge is 0.508 e. The summed E-state index contributed by atoms with van der Waals surface area (Å²) in [4.78, 5) is 11.9. The van der Waals surface area contributed by atoms with Gasteiger partial charge in [-0.05, 0) is 31.0 Å². The average molecular weight is 252 g/mol. The third-order valence-corrected chi connectivity index (χ3v) is 3.18. The van der Waals surface area contributed by atoms with Crippen molar-refractivity contribution in [3.63, 3.8) is 0 Å². The number of nitrogens with one attached hydrogen (secondary N) is 1. The Morgan fingerprint density at radius 3 is 2.56 bits per heavy atom. The maximum Gasteiger partial charge on any atom is 0.253 e. The first kappa shape index (κ1) is 14.3. The number of hydrogen-bond donors (Lipinski definition) is 4. The van der Waals surface area contributed by atoms with Gasteiger partial charge in [-0.2, -0.15) is 0 Å². The zero-order chi connectivity index (χ0) is 13.8. The van der Waals surface area contributed by atoms with E-state index in [9.17, 15) is 15.0 Å². The van der Waals surface area contributed by atoms with E-state index in [4.69, 9.17) is 5.73 Å². The highest BCUT2D eigenvalue weighted by molar-refractivity contribution is 5.99. The number of nitrogens with two attached hydrogens (primary N) is 1. The molecule has 1 aromatic rings. The summed E-state index contributed by atoms with van der Waals surface area (Å²) in [7, 11) is 0. The number of anilines is 1. The molecule has 5 N–H and O–H groups in total. The van der Waals surface area contributed by atoms with Crippen LogP contribution in [0.1, 0.15) is 37.0 Å². The van der Waals surface area contributed by atoms with Crippen molar-refractivity contribution in [2.75, 3.05) is 12.3 Å². The van der Waals surface area contributed by atoms with Crippen LogP contribution in [0.25, 0.3) is 0 Å². The second kappa shape index (κ2) is 5.73. The first-order chi connectivity index (χ1) is 8.41. The molecule has 0 bridgehead atoms. The van der Waals surface area contributed by atoms with Crippen molar-refractivity contribution in [3.05, 3.63) is 23.8 Å².